The summed E-state index contributed by atoms with van der Waals surface area (Å²) >= 11 is 12.4. The predicted molar refractivity (Wildman–Crippen MR) is 116 cm³/mol. The van der Waals surface area contributed by atoms with E-state index in [2.05, 4.69) is 25.8 Å². The van der Waals surface area contributed by atoms with Crippen LogP contribution in [0.3, 0.4) is 0 Å². The van der Waals surface area contributed by atoms with E-state index in [1.807, 2.05) is 22.8 Å². The quantitative estimate of drug-likeness (QED) is 0.578. The molecule has 0 bridgehead atoms. The van der Waals surface area contributed by atoms with E-state index in [4.69, 9.17) is 23.2 Å². The molecule has 0 amide bonds. The fourth-order valence-electron chi connectivity index (χ4n) is 3.00. The van der Waals surface area contributed by atoms with Gasteiger partial charge < -0.3 is 5.11 Å². The van der Waals surface area contributed by atoms with E-state index >= 15 is 0 Å². The number of benzene rings is 2. The van der Waals surface area contributed by atoms with Gasteiger partial charge in [0.15, 0.2) is 5.69 Å². The average molecular weight is 411 g/mol. The molecule has 28 heavy (non-hydrogen) atoms. The molecule has 7 heteroatoms. The molecule has 0 unspecified atom stereocenters. The van der Waals surface area contributed by atoms with Crippen molar-refractivity contribution in [1.82, 2.24) is 9.55 Å². The van der Waals surface area contributed by atoms with Crippen molar-refractivity contribution in [2.75, 3.05) is 0 Å². The first-order chi connectivity index (χ1) is 12.7. The van der Waals surface area contributed by atoms with Gasteiger partial charge in [0.1, 0.15) is 5.82 Å². The summed E-state index contributed by atoms with van der Waals surface area (Å²) in [5.74, 6) is -0.418. The Kier molecular flexibility index (Phi) is 7.06. The molecule has 0 spiro atoms. The third-order valence-corrected chi connectivity index (χ3v) is 4.47. The van der Waals surface area contributed by atoms with Crippen LogP contribution in [0, 0.1) is 5.41 Å². The number of hydrogen-bond acceptors (Lipinski definition) is 2. The van der Waals surface area contributed by atoms with Crippen molar-refractivity contribution in [2.45, 2.75) is 27.2 Å². The van der Waals surface area contributed by atoms with Gasteiger partial charge in [-0.1, -0.05) is 62.2 Å². The number of carboxylic acids is 1. The molecule has 0 aliphatic heterocycles. The maximum atomic E-state index is 12.0. The van der Waals surface area contributed by atoms with Crippen LogP contribution in [0.4, 0.5) is 0 Å². The molecule has 0 atom stereocenters. The Morgan fingerprint density at radius 1 is 1.07 bits per heavy atom. The van der Waals surface area contributed by atoms with Crippen molar-refractivity contribution in [3.05, 3.63) is 70.1 Å². The average Bonchev–Trinajstić information content (AvgIpc) is 2.92. The molecular weight excluding hydrogens is 390 g/mol. The van der Waals surface area contributed by atoms with Gasteiger partial charge in [-0.05, 0) is 35.7 Å². The third kappa shape index (κ3) is 5.01. The zero-order valence-corrected chi connectivity index (χ0v) is 16.8. The monoisotopic (exact) mass is 410 g/mol. The molecule has 0 aliphatic carbocycles. The molecule has 1 heterocycles. The van der Waals surface area contributed by atoms with Gasteiger partial charge >= 0.3 is 24.8 Å². The van der Waals surface area contributed by atoms with E-state index in [1.54, 1.807) is 30.3 Å². The van der Waals surface area contributed by atoms with Crippen molar-refractivity contribution in [1.29, 1.82) is 0 Å². The Bertz CT molecular complexity index is 1010. The van der Waals surface area contributed by atoms with Crippen molar-refractivity contribution < 1.29 is 9.90 Å². The van der Waals surface area contributed by atoms with Crippen molar-refractivity contribution >= 4 is 48.0 Å². The fraction of sp³-hybridized carbons (Fsp3) is 0.238. The van der Waals surface area contributed by atoms with Crippen LogP contribution >= 0.6 is 23.2 Å². The summed E-state index contributed by atoms with van der Waals surface area (Å²) in [5.41, 5.74) is 1.86. The molecule has 3 rings (SSSR count). The minimum absolute atomic E-state index is 0. The second-order valence-corrected chi connectivity index (χ2v) is 8.47. The number of imidazole rings is 1. The van der Waals surface area contributed by atoms with Gasteiger partial charge in [-0.25, -0.2) is 9.78 Å². The van der Waals surface area contributed by atoms with Crippen LogP contribution < -0.4 is 0 Å². The number of rotatable bonds is 4. The van der Waals surface area contributed by atoms with Gasteiger partial charge in [-0.15, -0.1) is 0 Å². The van der Waals surface area contributed by atoms with E-state index in [1.165, 1.54) is 0 Å². The Balaban J connectivity index is 0.00000280. The molecule has 2 aromatic carbocycles. The summed E-state index contributed by atoms with van der Waals surface area (Å²) in [6.45, 7) is 6.26. The van der Waals surface area contributed by atoms with Crippen LogP contribution in [-0.2, 0) is 6.42 Å². The van der Waals surface area contributed by atoms with Crippen molar-refractivity contribution in [3.63, 3.8) is 0 Å². The first-order valence-corrected chi connectivity index (χ1v) is 9.28. The van der Waals surface area contributed by atoms with Crippen LogP contribution in [0.15, 0.2) is 48.5 Å². The summed E-state index contributed by atoms with van der Waals surface area (Å²) in [4.78, 5) is 16.5. The maximum absolute atomic E-state index is 12.0. The number of halogens is 2. The fourth-order valence-corrected chi connectivity index (χ4v) is 3.38. The third-order valence-electron chi connectivity index (χ3n) is 4.00. The van der Waals surface area contributed by atoms with Gasteiger partial charge in [-0.3, -0.25) is 4.57 Å². The standard InChI is InChI=1S/C21H20Cl2N2O2.Li.H/c1-21(2,3)12-17-24-18(20(26)27)19(13-6-4-7-14(22)10-13)25(17)16-9-5-8-15(23)11-16;;/h4-11H,12H2,1-3H3,(H,26,27);;. The summed E-state index contributed by atoms with van der Waals surface area (Å²) in [6.07, 6.45) is 0.598. The number of aromatic carboxylic acids is 1. The molecule has 0 radical (unpaired) electrons. The van der Waals surface area contributed by atoms with Gasteiger partial charge in [0.2, 0.25) is 0 Å². The SMILES string of the molecule is CC(C)(C)Cc1nc(C(=O)O)c(-c2cccc(Cl)c2)n1-c1cccc(Cl)c1.[LiH]. The normalized spacial score (nSPS) is 11.2. The van der Waals surface area contributed by atoms with Crippen LogP contribution in [0.2, 0.25) is 10.0 Å². The van der Waals surface area contributed by atoms with E-state index < -0.39 is 5.97 Å². The van der Waals surface area contributed by atoms with Gasteiger partial charge in [-0.2, -0.15) is 0 Å². The van der Waals surface area contributed by atoms with Crippen LogP contribution in [0.1, 0.15) is 37.1 Å². The van der Waals surface area contributed by atoms with E-state index in [-0.39, 0.29) is 30.0 Å². The van der Waals surface area contributed by atoms with Crippen molar-refractivity contribution in [2.24, 2.45) is 5.41 Å². The van der Waals surface area contributed by atoms with E-state index in [0.717, 1.165) is 5.69 Å². The molecule has 0 fully saturated rings. The van der Waals surface area contributed by atoms with Crippen LogP contribution in [-0.4, -0.2) is 39.5 Å². The summed E-state index contributed by atoms with van der Waals surface area (Å²) in [5, 5.41) is 10.9. The molecule has 1 aromatic heterocycles. The first-order valence-electron chi connectivity index (χ1n) is 8.52. The number of carbonyl (C=O) groups is 1. The Morgan fingerprint density at radius 3 is 2.21 bits per heavy atom. The summed E-state index contributed by atoms with van der Waals surface area (Å²) in [6, 6.07) is 14.4. The molecular formula is C21H21Cl2LiN2O2. The van der Waals surface area contributed by atoms with Gasteiger partial charge in [0, 0.05) is 27.7 Å². The second-order valence-electron chi connectivity index (χ2n) is 7.59. The molecule has 142 valence electrons. The number of aromatic nitrogens is 2. The number of carboxylic acid groups (broad SMARTS) is 1. The summed E-state index contributed by atoms with van der Waals surface area (Å²) < 4.78 is 1.87. The van der Waals surface area contributed by atoms with Gasteiger partial charge in [0.05, 0.1) is 5.69 Å². The van der Waals surface area contributed by atoms with E-state index in [0.29, 0.717) is 33.5 Å². The van der Waals surface area contributed by atoms with Crippen LogP contribution in [0.5, 0.6) is 0 Å². The Hall–Kier alpha value is -1.70. The first kappa shape index (κ1) is 22.6. The second kappa shape index (κ2) is 8.76. The molecule has 1 N–H and O–H groups in total. The summed E-state index contributed by atoms with van der Waals surface area (Å²) in [7, 11) is 0. The molecule has 4 nitrogen and oxygen atoms in total. The Labute approximate surface area is 186 Å². The zero-order valence-electron chi connectivity index (χ0n) is 15.3. The topological polar surface area (TPSA) is 55.1 Å². The van der Waals surface area contributed by atoms with Gasteiger partial charge in [0.25, 0.3) is 0 Å². The molecule has 3 aromatic rings. The minimum atomic E-state index is -1.08. The molecule has 0 saturated carbocycles. The number of nitrogens with zero attached hydrogens (tertiary/aromatic N) is 2. The molecule has 0 saturated heterocycles. The predicted octanol–water partition coefficient (Wildman–Crippen LogP) is 5.48. The van der Waals surface area contributed by atoms with E-state index in [9.17, 15) is 9.90 Å². The number of hydrogen-bond donors (Lipinski definition) is 1. The molecule has 0 aliphatic rings. The van der Waals surface area contributed by atoms with Crippen molar-refractivity contribution in [3.8, 4) is 16.9 Å². The van der Waals surface area contributed by atoms with Crippen LogP contribution in [0.25, 0.3) is 16.9 Å². The Morgan fingerprint density at radius 2 is 1.68 bits per heavy atom. The zero-order chi connectivity index (χ0) is 19.8.